The molecule has 18 heavy (non-hydrogen) atoms. The fourth-order valence-corrected chi connectivity index (χ4v) is 2.20. The van der Waals surface area contributed by atoms with E-state index in [2.05, 4.69) is 10.7 Å². The third-order valence-electron chi connectivity index (χ3n) is 2.89. The number of fused-ring (bicyclic) bond motifs is 1. The number of aliphatic hydroxyl groups is 2. The number of rotatable bonds is 2. The van der Waals surface area contributed by atoms with Crippen LogP contribution in [0.15, 0.2) is 24.3 Å². The van der Waals surface area contributed by atoms with Crippen molar-refractivity contribution in [2.45, 2.75) is 18.3 Å². The number of hydrogen-bond acceptors (Lipinski definition) is 4. The normalized spacial score (nSPS) is 22.0. The van der Waals surface area contributed by atoms with Gasteiger partial charge in [-0.1, -0.05) is 24.3 Å². The lowest BCUT2D eigenvalue weighted by Gasteiger charge is -2.05. The number of aliphatic hydroxyl groups excluding tert-OH is 2. The number of benzene rings is 1. The molecular weight excluding hydrogens is 276 g/mol. The largest absolute Gasteiger partial charge is 0.396 e. The Bertz CT molecular complexity index is 450. The van der Waals surface area contributed by atoms with E-state index in [9.17, 15) is 8.42 Å². The topological polar surface area (TPSA) is 74.6 Å². The summed E-state index contributed by atoms with van der Waals surface area (Å²) < 4.78 is 18.8. The lowest BCUT2D eigenvalue weighted by Crippen LogP contribution is -2.01. The quantitative estimate of drug-likeness (QED) is 0.809. The minimum absolute atomic E-state index is 0.188. The zero-order valence-corrected chi connectivity index (χ0v) is 11.7. The summed E-state index contributed by atoms with van der Waals surface area (Å²) in [6.07, 6.45) is 1.81. The van der Waals surface area contributed by atoms with Gasteiger partial charge in [0.1, 0.15) is 0 Å². The van der Waals surface area contributed by atoms with Gasteiger partial charge in [0.25, 0.3) is 0 Å². The monoisotopic (exact) mass is 292 g/mol. The van der Waals surface area contributed by atoms with Crippen molar-refractivity contribution < 1.29 is 18.6 Å². The molecule has 2 unspecified atom stereocenters. The van der Waals surface area contributed by atoms with Crippen molar-refractivity contribution in [1.82, 2.24) is 0 Å². The summed E-state index contributed by atoms with van der Waals surface area (Å²) >= 11 is 0. The summed E-state index contributed by atoms with van der Waals surface area (Å²) in [4.78, 5) is 0. The average Bonchev–Trinajstić information content (AvgIpc) is 2.65. The van der Waals surface area contributed by atoms with Gasteiger partial charge in [-0.15, -0.1) is 0 Å². The van der Waals surface area contributed by atoms with Gasteiger partial charge in [-0.3, -0.25) is 0 Å². The van der Waals surface area contributed by atoms with E-state index in [4.69, 9.17) is 10.2 Å². The van der Waals surface area contributed by atoms with Crippen LogP contribution in [-0.4, -0.2) is 38.1 Å². The Kier molecular flexibility index (Phi) is 5.59. The van der Waals surface area contributed by atoms with E-state index >= 15 is 0 Å². The fourth-order valence-electron chi connectivity index (χ4n) is 2.20. The van der Waals surface area contributed by atoms with Crippen LogP contribution in [0.5, 0.6) is 0 Å². The highest BCUT2D eigenvalue weighted by Crippen LogP contribution is 2.40. The molecule has 2 rings (SSSR count). The van der Waals surface area contributed by atoms with Crippen molar-refractivity contribution in [2.75, 3.05) is 19.5 Å². The van der Waals surface area contributed by atoms with Gasteiger partial charge in [-0.05, 0) is 17.5 Å². The minimum atomic E-state index is -3.19. The molecule has 0 saturated heterocycles. The van der Waals surface area contributed by atoms with E-state index in [1.54, 1.807) is 0 Å². The van der Waals surface area contributed by atoms with Crippen LogP contribution in [0.3, 0.4) is 0 Å². The minimum Gasteiger partial charge on any atom is -0.396 e. The van der Waals surface area contributed by atoms with Crippen molar-refractivity contribution in [3.8, 4) is 0 Å². The van der Waals surface area contributed by atoms with Crippen molar-refractivity contribution in [3.05, 3.63) is 35.4 Å². The Morgan fingerprint density at radius 1 is 1.17 bits per heavy atom. The van der Waals surface area contributed by atoms with E-state index in [1.165, 1.54) is 11.1 Å². The molecule has 6 heteroatoms. The second kappa shape index (κ2) is 6.52. The molecule has 1 aromatic rings. The molecule has 0 aliphatic heterocycles. The van der Waals surface area contributed by atoms with Gasteiger partial charge in [0, 0.05) is 35.7 Å². The zero-order chi connectivity index (χ0) is 13.8. The first-order valence-electron chi connectivity index (χ1n) is 5.57. The van der Waals surface area contributed by atoms with E-state index in [-0.39, 0.29) is 25.0 Å². The average molecular weight is 293 g/mol. The Balaban J connectivity index is 0.000000280. The lowest BCUT2D eigenvalue weighted by molar-refractivity contribution is 0.234. The van der Waals surface area contributed by atoms with Crippen LogP contribution in [0.25, 0.3) is 0 Å². The van der Waals surface area contributed by atoms with Crippen LogP contribution in [0.2, 0.25) is 0 Å². The van der Waals surface area contributed by atoms with Gasteiger partial charge >= 0.3 is 0 Å². The van der Waals surface area contributed by atoms with Crippen molar-refractivity contribution in [3.63, 3.8) is 0 Å². The van der Waals surface area contributed by atoms with E-state index in [0.717, 1.165) is 12.7 Å². The van der Waals surface area contributed by atoms with E-state index in [1.807, 2.05) is 24.3 Å². The first kappa shape index (κ1) is 15.4. The summed E-state index contributed by atoms with van der Waals surface area (Å²) in [5.74, 6) is 0.460. The molecule has 0 bridgehead atoms. The van der Waals surface area contributed by atoms with Crippen molar-refractivity contribution in [1.29, 1.82) is 0 Å². The predicted octanol–water partition coefficient (Wildman–Crippen LogP) is 1.43. The molecule has 1 aromatic carbocycles. The maximum atomic E-state index is 9.40. The Hall–Kier alpha value is -0.620. The van der Waals surface area contributed by atoms with E-state index in [0.29, 0.717) is 0 Å². The highest BCUT2D eigenvalue weighted by atomic mass is 35.7. The van der Waals surface area contributed by atoms with Gasteiger partial charge in [-0.2, -0.15) is 0 Å². The molecule has 0 fully saturated rings. The van der Waals surface area contributed by atoms with Gasteiger partial charge in [0.2, 0.25) is 9.05 Å². The smallest absolute Gasteiger partial charge is 0.229 e. The van der Waals surface area contributed by atoms with Crippen LogP contribution in [-0.2, 0) is 9.05 Å². The van der Waals surface area contributed by atoms with Gasteiger partial charge in [0.05, 0.1) is 6.26 Å². The second-order valence-electron chi connectivity index (χ2n) is 4.31. The third-order valence-corrected chi connectivity index (χ3v) is 2.89. The fraction of sp³-hybridized carbons (Fsp3) is 0.500. The van der Waals surface area contributed by atoms with Gasteiger partial charge < -0.3 is 10.2 Å². The molecule has 102 valence electrons. The standard InChI is InChI=1S/C11H14O2.CH3ClO2S/c12-6-8-5-9(7-13)11-4-2-1-3-10(8)11;1-5(2,3)4/h1-4,8-9,12-13H,5-7H2;1H3. The maximum absolute atomic E-state index is 9.40. The Morgan fingerprint density at radius 3 is 1.78 bits per heavy atom. The predicted molar refractivity (Wildman–Crippen MR) is 71.4 cm³/mol. The van der Waals surface area contributed by atoms with Gasteiger partial charge in [0.15, 0.2) is 0 Å². The summed E-state index contributed by atoms with van der Waals surface area (Å²) in [5, 5.41) is 18.3. The molecule has 2 N–H and O–H groups in total. The number of halogens is 1. The first-order chi connectivity index (χ1) is 8.36. The van der Waals surface area contributed by atoms with Crippen molar-refractivity contribution in [2.24, 2.45) is 0 Å². The van der Waals surface area contributed by atoms with Crippen LogP contribution >= 0.6 is 10.7 Å². The van der Waals surface area contributed by atoms with Crippen LogP contribution in [0, 0.1) is 0 Å². The van der Waals surface area contributed by atoms with E-state index < -0.39 is 9.05 Å². The Morgan fingerprint density at radius 2 is 1.50 bits per heavy atom. The zero-order valence-electron chi connectivity index (χ0n) is 10.1. The molecule has 0 spiro atoms. The first-order valence-corrected chi connectivity index (χ1v) is 8.28. The Labute approximate surface area is 112 Å². The maximum Gasteiger partial charge on any atom is 0.229 e. The lowest BCUT2D eigenvalue weighted by atomic mass is 10.0. The molecule has 0 radical (unpaired) electrons. The SMILES string of the molecule is CS(=O)(=O)Cl.OCC1CC(CO)c2ccccc21. The molecule has 0 aromatic heterocycles. The third kappa shape index (κ3) is 4.57. The summed E-state index contributed by atoms with van der Waals surface area (Å²) in [7, 11) is 1.31. The second-order valence-corrected chi connectivity index (χ2v) is 7.35. The summed E-state index contributed by atoms with van der Waals surface area (Å²) in [6, 6.07) is 8.07. The highest BCUT2D eigenvalue weighted by Gasteiger charge is 2.29. The molecule has 0 amide bonds. The molecule has 0 saturated carbocycles. The molecule has 1 aliphatic rings. The van der Waals surface area contributed by atoms with Gasteiger partial charge in [-0.25, -0.2) is 8.42 Å². The molecular formula is C12H17ClO4S. The molecule has 0 heterocycles. The van der Waals surface area contributed by atoms with Crippen LogP contribution in [0.1, 0.15) is 29.4 Å². The highest BCUT2D eigenvalue weighted by molar-refractivity contribution is 8.13. The van der Waals surface area contributed by atoms with Crippen molar-refractivity contribution >= 4 is 19.7 Å². The number of hydrogen-bond donors (Lipinski definition) is 2. The van der Waals surface area contributed by atoms with Crippen LogP contribution < -0.4 is 0 Å². The molecule has 2 atom stereocenters. The summed E-state index contributed by atoms with van der Waals surface area (Å²) in [5.41, 5.74) is 2.42. The molecule has 1 aliphatic carbocycles. The van der Waals surface area contributed by atoms with Crippen LogP contribution in [0.4, 0.5) is 0 Å². The summed E-state index contributed by atoms with van der Waals surface area (Å²) in [6.45, 7) is 0.376. The molecule has 4 nitrogen and oxygen atoms in total.